The molecule has 0 bridgehead atoms. The van der Waals surface area contributed by atoms with Gasteiger partial charge in [0.1, 0.15) is 0 Å². The molecule has 1 aliphatic carbocycles. The van der Waals surface area contributed by atoms with Crippen LogP contribution in [-0.2, 0) is 4.74 Å². The van der Waals surface area contributed by atoms with Crippen LogP contribution in [0.25, 0.3) is 0 Å². The molecule has 0 aromatic rings. The number of hydrogen-bond donors (Lipinski definition) is 1. The van der Waals surface area contributed by atoms with Crippen molar-refractivity contribution in [1.29, 1.82) is 0 Å². The molecule has 2 unspecified atom stereocenters. The van der Waals surface area contributed by atoms with Gasteiger partial charge in [-0.1, -0.05) is 6.92 Å². The number of methoxy groups -OCH3 is 1. The second kappa shape index (κ2) is 5.55. The zero-order valence-corrected chi connectivity index (χ0v) is 8.31. The third kappa shape index (κ3) is 3.55. The molecular weight excluding hydrogens is 150 g/mol. The molecule has 0 spiro atoms. The summed E-state index contributed by atoms with van der Waals surface area (Å²) in [6.45, 7) is 4.34. The van der Waals surface area contributed by atoms with Crippen LogP contribution in [0.4, 0.5) is 0 Å². The maximum Gasteiger partial charge on any atom is 0.0474 e. The molecule has 2 atom stereocenters. The maximum atomic E-state index is 4.99. The predicted molar refractivity (Wildman–Crippen MR) is 51.3 cm³/mol. The van der Waals surface area contributed by atoms with E-state index in [-0.39, 0.29) is 0 Å². The fourth-order valence-electron chi connectivity index (χ4n) is 1.92. The Hall–Kier alpha value is -0.0800. The Balaban J connectivity index is 1.93. The molecule has 1 saturated carbocycles. The number of hydrogen-bond acceptors (Lipinski definition) is 2. The molecule has 1 fully saturated rings. The highest BCUT2D eigenvalue weighted by molar-refractivity contribution is 4.77. The summed E-state index contributed by atoms with van der Waals surface area (Å²) >= 11 is 0. The largest absolute Gasteiger partial charge is 0.385 e. The molecule has 1 rings (SSSR count). The standard InChI is InChI=1S/C10H21NO/c1-9-4-5-10(8-9)11-6-3-7-12-2/h9-11H,3-8H2,1-2H3. The second-order valence-electron chi connectivity index (χ2n) is 3.92. The van der Waals surface area contributed by atoms with E-state index in [1.54, 1.807) is 7.11 Å². The van der Waals surface area contributed by atoms with Crippen LogP contribution in [0.1, 0.15) is 32.6 Å². The van der Waals surface area contributed by atoms with Crippen LogP contribution < -0.4 is 5.32 Å². The third-order valence-electron chi connectivity index (χ3n) is 2.65. The lowest BCUT2D eigenvalue weighted by Crippen LogP contribution is -2.27. The van der Waals surface area contributed by atoms with Crippen LogP contribution in [0.5, 0.6) is 0 Å². The smallest absolute Gasteiger partial charge is 0.0474 e. The van der Waals surface area contributed by atoms with E-state index in [0.29, 0.717) is 0 Å². The molecule has 72 valence electrons. The molecule has 1 aliphatic rings. The summed E-state index contributed by atoms with van der Waals surface area (Å²) in [6, 6.07) is 0.789. The van der Waals surface area contributed by atoms with Crippen LogP contribution in [0.3, 0.4) is 0 Å². The lowest BCUT2D eigenvalue weighted by Gasteiger charge is -2.11. The number of ether oxygens (including phenoxy) is 1. The Morgan fingerprint density at radius 1 is 1.42 bits per heavy atom. The van der Waals surface area contributed by atoms with Crippen molar-refractivity contribution >= 4 is 0 Å². The zero-order chi connectivity index (χ0) is 8.81. The van der Waals surface area contributed by atoms with Gasteiger partial charge in [0.25, 0.3) is 0 Å². The van der Waals surface area contributed by atoms with E-state index in [1.807, 2.05) is 0 Å². The van der Waals surface area contributed by atoms with Gasteiger partial charge in [-0.2, -0.15) is 0 Å². The molecule has 0 saturated heterocycles. The van der Waals surface area contributed by atoms with Crippen molar-refractivity contribution in [1.82, 2.24) is 5.32 Å². The minimum absolute atomic E-state index is 0.789. The van der Waals surface area contributed by atoms with Gasteiger partial charge in [-0.3, -0.25) is 0 Å². The Kier molecular flexibility index (Phi) is 4.62. The fraction of sp³-hybridized carbons (Fsp3) is 1.00. The molecule has 2 heteroatoms. The van der Waals surface area contributed by atoms with E-state index >= 15 is 0 Å². The van der Waals surface area contributed by atoms with E-state index in [9.17, 15) is 0 Å². The predicted octanol–water partition coefficient (Wildman–Crippen LogP) is 1.80. The summed E-state index contributed by atoms with van der Waals surface area (Å²) in [7, 11) is 1.76. The average molecular weight is 171 g/mol. The zero-order valence-electron chi connectivity index (χ0n) is 8.31. The van der Waals surface area contributed by atoms with Gasteiger partial charge in [-0.15, -0.1) is 0 Å². The summed E-state index contributed by atoms with van der Waals surface area (Å²) in [5.41, 5.74) is 0. The number of nitrogens with one attached hydrogen (secondary N) is 1. The lowest BCUT2D eigenvalue weighted by atomic mass is 10.1. The summed E-state index contributed by atoms with van der Waals surface area (Å²) in [4.78, 5) is 0. The Morgan fingerprint density at radius 3 is 2.83 bits per heavy atom. The lowest BCUT2D eigenvalue weighted by molar-refractivity contribution is 0.193. The van der Waals surface area contributed by atoms with Crippen LogP contribution in [0.15, 0.2) is 0 Å². The average Bonchev–Trinajstić information content (AvgIpc) is 2.45. The minimum Gasteiger partial charge on any atom is -0.385 e. The first-order chi connectivity index (χ1) is 5.83. The first kappa shape index (κ1) is 10.0. The highest BCUT2D eigenvalue weighted by Gasteiger charge is 2.19. The van der Waals surface area contributed by atoms with Gasteiger partial charge < -0.3 is 10.1 Å². The molecule has 0 heterocycles. The third-order valence-corrected chi connectivity index (χ3v) is 2.65. The first-order valence-electron chi connectivity index (χ1n) is 5.05. The summed E-state index contributed by atoms with van der Waals surface area (Å²) in [5.74, 6) is 0.935. The van der Waals surface area contributed by atoms with Gasteiger partial charge in [-0.05, 0) is 38.1 Å². The molecule has 12 heavy (non-hydrogen) atoms. The summed E-state index contributed by atoms with van der Waals surface area (Å²) < 4.78 is 4.99. The van der Waals surface area contributed by atoms with Gasteiger partial charge in [0, 0.05) is 19.8 Å². The maximum absolute atomic E-state index is 4.99. The van der Waals surface area contributed by atoms with Gasteiger partial charge in [-0.25, -0.2) is 0 Å². The highest BCUT2D eigenvalue weighted by Crippen LogP contribution is 2.24. The molecule has 0 aromatic heterocycles. The van der Waals surface area contributed by atoms with Crippen LogP contribution >= 0.6 is 0 Å². The Morgan fingerprint density at radius 2 is 2.25 bits per heavy atom. The van der Waals surface area contributed by atoms with Crippen LogP contribution in [-0.4, -0.2) is 26.3 Å². The van der Waals surface area contributed by atoms with Gasteiger partial charge >= 0.3 is 0 Å². The van der Waals surface area contributed by atoms with Crippen molar-refractivity contribution in [2.24, 2.45) is 5.92 Å². The summed E-state index contributed by atoms with van der Waals surface area (Å²) in [6.07, 6.45) is 5.28. The highest BCUT2D eigenvalue weighted by atomic mass is 16.5. The molecule has 2 nitrogen and oxygen atoms in total. The van der Waals surface area contributed by atoms with E-state index in [4.69, 9.17) is 4.74 Å². The van der Waals surface area contributed by atoms with Crippen molar-refractivity contribution in [3.05, 3.63) is 0 Å². The molecule has 0 aromatic carbocycles. The van der Waals surface area contributed by atoms with Crippen molar-refractivity contribution in [3.8, 4) is 0 Å². The first-order valence-corrected chi connectivity index (χ1v) is 5.05. The normalized spacial score (nSPS) is 29.5. The molecular formula is C10H21NO. The molecule has 1 N–H and O–H groups in total. The van der Waals surface area contributed by atoms with Crippen molar-refractivity contribution in [3.63, 3.8) is 0 Å². The van der Waals surface area contributed by atoms with E-state index in [2.05, 4.69) is 12.2 Å². The van der Waals surface area contributed by atoms with E-state index in [1.165, 1.54) is 19.3 Å². The van der Waals surface area contributed by atoms with Gasteiger partial charge in [0.15, 0.2) is 0 Å². The van der Waals surface area contributed by atoms with Crippen molar-refractivity contribution in [2.75, 3.05) is 20.3 Å². The summed E-state index contributed by atoms with van der Waals surface area (Å²) in [5, 5.41) is 3.57. The Bertz CT molecular complexity index is 116. The molecule has 0 amide bonds. The molecule has 0 aliphatic heterocycles. The minimum atomic E-state index is 0.789. The van der Waals surface area contributed by atoms with Crippen LogP contribution in [0, 0.1) is 5.92 Å². The van der Waals surface area contributed by atoms with Crippen molar-refractivity contribution < 1.29 is 4.74 Å². The SMILES string of the molecule is COCCCNC1CCC(C)C1. The number of rotatable bonds is 5. The van der Waals surface area contributed by atoms with Gasteiger partial charge in [0.2, 0.25) is 0 Å². The molecule has 0 radical (unpaired) electrons. The second-order valence-corrected chi connectivity index (χ2v) is 3.92. The monoisotopic (exact) mass is 171 g/mol. The van der Waals surface area contributed by atoms with E-state index in [0.717, 1.165) is 31.5 Å². The van der Waals surface area contributed by atoms with Crippen molar-refractivity contribution in [2.45, 2.75) is 38.6 Å². The van der Waals surface area contributed by atoms with E-state index < -0.39 is 0 Å². The van der Waals surface area contributed by atoms with Gasteiger partial charge in [0.05, 0.1) is 0 Å². The fourth-order valence-corrected chi connectivity index (χ4v) is 1.92. The Labute approximate surface area is 75.7 Å². The van der Waals surface area contributed by atoms with Crippen LogP contribution in [0.2, 0.25) is 0 Å². The topological polar surface area (TPSA) is 21.3 Å². The quantitative estimate of drug-likeness (QED) is 0.637.